The van der Waals surface area contributed by atoms with Crippen LogP contribution in [0.1, 0.15) is 32.6 Å². The summed E-state index contributed by atoms with van der Waals surface area (Å²) in [4.78, 5) is 7.48. The van der Waals surface area contributed by atoms with Crippen LogP contribution in [0.15, 0.2) is 4.99 Å². The van der Waals surface area contributed by atoms with Crippen LogP contribution in [0.3, 0.4) is 0 Å². The van der Waals surface area contributed by atoms with Crippen LogP contribution in [-0.4, -0.2) is 36.3 Å². The molecule has 2 saturated heterocycles. The van der Waals surface area contributed by atoms with E-state index in [2.05, 4.69) is 11.8 Å². The van der Waals surface area contributed by atoms with E-state index in [1.54, 1.807) is 0 Å². The highest BCUT2D eigenvalue weighted by atomic mass is 15.2. The van der Waals surface area contributed by atoms with Gasteiger partial charge in [-0.25, -0.2) is 0 Å². The predicted molar refractivity (Wildman–Crippen MR) is 58.8 cm³/mol. The summed E-state index contributed by atoms with van der Waals surface area (Å²) in [6, 6.07) is 0.870. The van der Waals surface area contributed by atoms with Gasteiger partial charge in [-0.3, -0.25) is 9.89 Å². The van der Waals surface area contributed by atoms with Crippen LogP contribution in [0, 0.1) is 11.8 Å². The molecular weight excluding hydrogens is 172 g/mol. The van der Waals surface area contributed by atoms with E-state index in [0.717, 1.165) is 24.4 Å². The lowest BCUT2D eigenvalue weighted by atomic mass is 9.73. The molecule has 0 aromatic carbocycles. The van der Waals surface area contributed by atoms with Crippen molar-refractivity contribution in [2.24, 2.45) is 16.8 Å². The van der Waals surface area contributed by atoms with Gasteiger partial charge in [-0.1, -0.05) is 0 Å². The number of rotatable bonds is 0. The molecule has 0 aromatic heterocycles. The number of nitrogens with zero attached hydrogens (tertiary/aromatic N) is 2. The van der Waals surface area contributed by atoms with Gasteiger partial charge in [-0.15, -0.1) is 0 Å². The van der Waals surface area contributed by atoms with Crippen LogP contribution >= 0.6 is 0 Å². The quantitative estimate of drug-likeness (QED) is 0.573. The Hall–Kier alpha value is -0.370. The third-order valence-electron chi connectivity index (χ3n) is 4.41. The predicted octanol–water partition coefficient (Wildman–Crippen LogP) is 1.95. The minimum absolute atomic E-state index is 0.808. The molecule has 0 aromatic rings. The van der Waals surface area contributed by atoms with Crippen molar-refractivity contribution in [2.75, 3.05) is 19.6 Å². The molecule has 0 radical (unpaired) electrons. The standard InChI is InChI=1S/C12H20N2/c1-9-11-5-3-7-14-6-2-4-10(8-13-9)12(11)14/h10-12H,2-8H2,1H3/t10-,11+,12+/m1/s1. The lowest BCUT2D eigenvalue weighted by Crippen LogP contribution is -2.56. The Kier molecular flexibility index (Phi) is 2.12. The van der Waals surface area contributed by atoms with E-state index in [0.29, 0.717) is 0 Å². The summed E-state index contributed by atoms with van der Waals surface area (Å²) < 4.78 is 0. The fourth-order valence-corrected chi connectivity index (χ4v) is 3.74. The van der Waals surface area contributed by atoms with Crippen molar-refractivity contribution in [1.29, 1.82) is 0 Å². The summed E-state index contributed by atoms with van der Waals surface area (Å²) in [6.07, 6.45) is 5.62. The first-order valence-corrected chi connectivity index (χ1v) is 6.11. The Bertz CT molecular complexity index is 257. The maximum absolute atomic E-state index is 4.72. The fraction of sp³-hybridized carbons (Fsp3) is 0.917. The second-order valence-corrected chi connectivity index (χ2v) is 5.16. The summed E-state index contributed by atoms with van der Waals surface area (Å²) in [5.74, 6) is 1.69. The average Bonchev–Trinajstić information content (AvgIpc) is 2.24. The molecule has 0 saturated carbocycles. The van der Waals surface area contributed by atoms with Crippen molar-refractivity contribution in [1.82, 2.24) is 4.90 Å². The summed E-state index contributed by atoms with van der Waals surface area (Å²) >= 11 is 0. The summed E-state index contributed by atoms with van der Waals surface area (Å²) in [6.45, 7) is 6.07. The molecule has 78 valence electrons. The van der Waals surface area contributed by atoms with Gasteiger partial charge in [-0.2, -0.15) is 0 Å². The Morgan fingerprint density at radius 1 is 1.21 bits per heavy atom. The first kappa shape index (κ1) is 8.90. The number of hydrogen-bond acceptors (Lipinski definition) is 2. The fourth-order valence-electron chi connectivity index (χ4n) is 3.74. The van der Waals surface area contributed by atoms with Crippen LogP contribution in [0.4, 0.5) is 0 Å². The normalized spacial score (nSPS) is 42.9. The first-order chi connectivity index (χ1) is 6.86. The van der Waals surface area contributed by atoms with Crippen molar-refractivity contribution < 1.29 is 0 Å². The molecule has 0 aliphatic carbocycles. The Balaban J connectivity index is 1.91. The number of piperidine rings is 2. The Labute approximate surface area is 86.4 Å². The zero-order valence-corrected chi connectivity index (χ0v) is 9.08. The lowest BCUT2D eigenvalue weighted by molar-refractivity contribution is 0.0362. The van der Waals surface area contributed by atoms with E-state index < -0.39 is 0 Å². The molecule has 3 aliphatic heterocycles. The maximum atomic E-state index is 4.72. The van der Waals surface area contributed by atoms with Crippen molar-refractivity contribution in [2.45, 2.75) is 38.6 Å². The van der Waals surface area contributed by atoms with Crippen molar-refractivity contribution >= 4 is 5.71 Å². The van der Waals surface area contributed by atoms with Gasteiger partial charge in [-0.05, 0) is 51.6 Å². The van der Waals surface area contributed by atoms with Gasteiger partial charge in [0.15, 0.2) is 0 Å². The van der Waals surface area contributed by atoms with Crippen molar-refractivity contribution in [3.63, 3.8) is 0 Å². The second-order valence-electron chi connectivity index (χ2n) is 5.16. The van der Waals surface area contributed by atoms with Crippen LogP contribution in [0.2, 0.25) is 0 Å². The molecule has 0 amide bonds. The van der Waals surface area contributed by atoms with Gasteiger partial charge in [0.1, 0.15) is 0 Å². The van der Waals surface area contributed by atoms with Crippen LogP contribution in [0.5, 0.6) is 0 Å². The van der Waals surface area contributed by atoms with E-state index >= 15 is 0 Å². The monoisotopic (exact) mass is 192 g/mol. The van der Waals surface area contributed by atoms with Crippen LogP contribution in [-0.2, 0) is 0 Å². The van der Waals surface area contributed by atoms with Crippen molar-refractivity contribution in [3.05, 3.63) is 0 Å². The third kappa shape index (κ3) is 1.23. The molecule has 2 fully saturated rings. The lowest BCUT2D eigenvalue weighted by Gasteiger charge is -2.50. The first-order valence-electron chi connectivity index (χ1n) is 6.11. The van der Waals surface area contributed by atoms with Gasteiger partial charge in [0.2, 0.25) is 0 Å². The minimum atomic E-state index is 0.808. The van der Waals surface area contributed by atoms with E-state index in [1.165, 1.54) is 44.5 Å². The smallest absolute Gasteiger partial charge is 0.0432 e. The van der Waals surface area contributed by atoms with Gasteiger partial charge in [0.25, 0.3) is 0 Å². The molecule has 2 nitrogen and oxygen atoms in total. The van der Waals surface area contributed by atoms with E-state index in [9.17, 15) is 0 Å². The van der Waals surface area contributed by atoms with E-state index in [1.807, 2.05) is 0 Å². The third-order valence-corrected chi connectivity index (χ3v) is 4.41. The highest BCUT2D eigenvalue weighted by Gasteiger charge is 2.42. The molecular formula is C12H20N2. The van der Waals surface area contributed by atoms with Gasteiger partial charge >= 0.3 is 0 Å². The van der Waals surface area contributed by atoms with Gasteiger partial charge in [0.05, 0.1) is 0 Å². The van der Waals surface area contributed by atoms with Gasteiger partial charge < -0.3 is 0 Å². The van der Waals surface area contributed by atoms with E-state index in [-0.39, 0.29) is 0 Å². The zero-order valence-electron chi connectivity index (χ0n) is 9.08. The second kappa shape index (κ2) is 3.34. The molecule has 14 heavy (non-hydrogen) atoms. The summed E-state index contributed by atoms with van der Waals surface area (Å²) in [5.41, 5.74) is 1.44. The summed E-state index contributed by atoms with van der Waals surface area (Å²) in [5, 5.41) is 0. The maximum Gasteiger partial charge on any atom is 0.0432 e. The molecule has 0 unspecified atom stereocenters. The molecule has 0 bridgehead atoms. The molecule has 3 atom stereocenters. The number of hydrogen-bond donors (Lipinski definition) is 0. The topological polar surface area (TPSA) is 15.6 Å². The molecule has 3 aliphatic rings. The highest BCUT2D eigenvalue weighted by molar-refractivity contribution is 5.85. The Morgan fingerprint density at radius 3 is 2.86 bits per heavy atom. The van der Waals surface area contributed by atoms with E-state index in [4.69, 9.17) is 4.99 Å². The van der Waals surface area contributed by atoms with Gasteiger partial charge in [0, 0.05) is 24.2 Å². The molecule has 3 heterocycles. The molecule has 3 rings (SSSR count). The number of aliphatic imine (C=N–C) groups is 1. The molecule has 0 spiro atoms. The molecule has 0 N–H and O–H groups in total. The highest BCUT2D eigenvalue weighted by Crippen LogP contribution is 2.38. The van der Waals surface area contributed by atoms with Crippen LogP contribution < -0.4 is 0 Å². The summed E-state index contributed by atoms with van der Waals surface area (Å²) in [7, 11) is 0. The van der Waals surface area contributed by atoms with Crippen molar-refractivity contribution in [3.8, 4) is 0 Å². The average molecular weight is 192 g/mol. The minimum Gasteiger partial charge on any atom is -0.299 e. The zero-order chi connectivity index (χ0) is 9.54. The van der Waals surface area contributed by atoms with Crippen LogP contribution in [0.25, 0.3) is 0 Å². The SMILES string of the molecule is CC1=NC[C@H]2CCCN3CCC[C@@H]1[C@H]23. The largest absolute Gasteiger partial charge is 0.299 e. The molecule has 2 heteroatoms. The Morgan fingerprint density at radius 2 is 2.00 bits per heavy atom.